The number of piperazine rings is 1. The van der Waals surface area contributed by atoms with Gasteiger partial charge in [-0.1, -0.05) is 23.7 Å². The molecule has 29 heavy (non-hydrogen) atoms. The van der Waals surface area contributed by atoms with Crippen molar-refractivity contribution in [2.24, 2.45) is 5.92 Å². The number of hydrogen-bond acceptors (Lipinski definition) is 5. The maximum absolute atomic E-state index is 12.9. The fourth-order valence-corrected chi connectivity index (χ4v) is 5.76. The second-order valence-corrected chi connectivity index (χ2v) is 9.15. The van der Waals surface area contributed by atoms with Crippen molar-refractivity contribution in [1.82, 2.24) is 14.9 Å². The van der Waals surface area contributed by atoms with Crippen molar-refractivity contribution >= 4 is 44.7 Å². The Morgan fingerprint density at radius 2 is 2.14 bits per heavy atom. The second-order valence-electron chi connectivity index (χ2n) is 7.91. The van der Waals surface area contributed by atoms with E-state index in [0.29, 0.717) is 17.1 Å². The van der Waals surface area contributed by atoms with Crippen molar-refractivity contribution in [3.63, 3.8) is 0 Å². The molecule has 2 aliphatic heterocycles. The van der Waals surface area contributed by atoms with Crippen LogP contribution in [0, 0.1) is 5.92 Å². The van der Waals surface area contributed by atoms with Gasteiger partial charge in [0, 0.05) is 37.4 Å². The van der Waals surface area contributed by atoms with E-state index >= 15 is 0 Å². The molecule has 4 heterocycles. The van der Waals surface area contributed by atoms with E-state index in [1.165, 1.54) is 10.3 Å². The highest BCUT2D eigenvalue weighted by atomic mass is 35.5. The fourth-order valence-electron chi connectivity index (χ4n) is 4.76. The summed E-state index contributed by atoms with van der Waals surface area (Å²) in [4.78, 5) is 25.8. The molecule has 2 saturated heterocycles. The average molecular weight is 427 g/mol. The third kappa shape index (κ3) is 3.71. The van der Waals surface area contributed by atoms with E-state index in [9.17, 15) is 4.79 Å². The highest BCUT2D eigenvalue weighted by molar-refractivity contribution is 7.16. The summed E-state index contributed by atoms with van der Waals surface area (Å²) in [5.74, 6) is 0.500. The average Bonchev–Trinajstić information content (AvgIpc) is 3.33. The highest BCUT2D eigenvalue weighted by Crippen LogP contribution is 2.33. The number of thiazole rings is 1. The van der Waals surface area contributed by atoms with Crippen molar-refractivity contribution < 1.29 is 4.79 Å². The molecule has 0 aliphatic carbocycles. The Balaban J connectivity index is 1.20. The largest absolute Gasteiger partial charge is 0.368 e. The van der Waals surface area contributed by atoms with Crippen molar-refractivity contribution in [2.45, 2.75) is 31.7 Å². The second kappa shape index (κ2) is 7.92. The van der Waals surface area contributed by atoms with Crippen LogP contribution in [0.1, 0.15) is 24.8 Å². The van der Waals surface area contributed by atoms with Gasteiger partial charge in [0.25, 0.3) is 0 Å². The minimum Gasteiger partial charge on any atom is -0.368 e. The zero-order valence-corrected chi connectivity index (χ0v) is 17.7. The minimum atomic E-state index is 0.154. The summed E-state index contributed by atoms with van der Waals surface area (Å²) in [5, 5.41) is 0.515. The molecule has 3 aromatic rings. The molecule has 0 N–H and O–H groups in total. The van der Waals surface area contributed by atoms with Gasteiger partial charge in [-0.25, -0.2) is 9.97 Å². The Kier molecular flexibility index (Phi) is 5.14. The van der Waals surface area contributed by atoms with Crippen molar-refractivity contribution in [2.75, 3.05) is 24.5 Å². The molecule has 0 saturated carbocycles. The molecular weight excluding hydrogens is 404 g/mol. The van der Waals surface area contributed by atoms with Crippen LogP contribution in [0.3, 0.4) is 0 Å². The third-order valence-corrected chi connectivity index (χ3v) is 7.31. The number of benzene rings is 1. The Labute approximate surface area is 179 Å². The maximum Gasteiger partial charge on any atom is 0.226 e. The van der Waals surface area contributed by atoms with Gasteiger partial charge < -0.3 is 9.80 Å². The van der Waals surface area contributed by atoms with E-state index in [-0.39, 0.29) is 5.92 Å². The monoisotopic (exact) mass is 426 g/mol. The van der Waals surface area contributed by atoms with Crippen LogP contribution in [0.4, 0.5) is 5.69 Å². The van der Waals surface area contributed by atoms with Crippen LogP contribution in [-0.2, 0) is 11.2 Å². The van der Waals surface area contributed by atoms with E-state index < -0.39 is 0 Å². The third-order valence-electron chi connectivity index (χ3n) is 6.18. The summed E-state index contributed by atoms with van der Waals surface area (Å²) >= 11 is 7.76. The summed E-state index contributed by atoms with van der Waals surface area (Å²) in [5.41, 5.74) is 5.44. The molecular formula is C22H23ClN4OS. The lowest BCUT2D eigenvalue weighted by molar-refractivity contribution is -0.132. The number of carbonyl (C=O) groups excluding carboxylic acids is 1. The quantitative estimate of drug-likeness (QED) is 0.567. The van der Waals surface area contributed by atoms with Gasteiger partial charge in [0.1, 0.15) is 5.15 Å². The van der Waals surface area contributed by atoms with E-state index in [2.05, 4.69) is 38.0 Å². The van der Waals surface area contributed by atoms with Gasteiger partial charge in [0.2, 0.25) is 5.91 Å². The first kappa shape index (κ1) is 18.8. The normalized spacial score (nSPS) is 21.8. The lowest BCUT2D eigenvalue weighted by Gasteiger charge is -2.38. The van der Waals surface area contributed by atoms with E-state index in [1.807, 2.05) is 17.6 Å². The zero-order chi connectivity index (χ0) is 19.8. The zero-order valence-electron chi connectivity index (χ0n) is 16.1. The molecule has 2 aliphatic rings. The van der Waals surface area contributed by atoms with Crippen LogP contribution in [-0.4, -0.2) is 46.5 Å². The molecule has 5 nitrogen and oxygen atoms in total. The number of amides is 1. The molecule has 7 heteroatoms. The maximum atomic E-state index is 12.9. The Morgan fingerprint density at radius 1 is 1.21 bits per heavy atom. The fraction of sp³-hybridized carbons (Fsp3) is 0.409. The Morgan fingerprint density at radius 3 is 3.03 bits per heavy atom. The summed E-state index contributed by atoms with van der Waals surface area (Å²) < 4.78 is 1.29. The molecule has 1 aromatic carbocycles. The molecule has 1 amide bonds. The molecule has 0 spiro atoms. The first-order valence-electron chi connectivity index (χ1n) is 10.2. The van der Waals surface area contributed by atoms with E-state index in [4.69, 9.17) is 11.6 Å². The van der Waals surface area contributed by atoms with Crippen LogP contribution in [0.15, 0.2) is 42.0 Å². The van der Waals surface area contributed by atoms with Crippen LogP contribution in [0.25, 0.3) is 10.2 Å². The molecule has 0 bridgehead atoms. The van der Waals surface area contributed by atoms with Crippen LogP contribution >= 0.6 is 22.9 Å². The number of nitrogens with zero attached hydrogens (tertiary/aromatic N) is 4. The summed E-state index contributed by atoms with van der Waals surface area (Å²) in [6.07, 6.45) is 5.71. The molecule has 0 radical (unpaired) electrons. The Bertz CT molecular complexity index is 1040. The molecule has 2 aromatic heterocycles. The van der Waals surface area contributed by atoms with Gasteiger partial charge in [-0.2, -0.15) is 0 Å². The van der Waals surface area contributed by atoms with Crippen molar-refractivity contribution in [3.05, 3.63) is 52.8 Å². The van der Waals surface area contributed by atoms with Gasteiger partial charge in [0.15, 0.2) is 0 Å². The smallest absolute Gasteiger partial charge is 0.226 e. The predicted octanol–water partition coefficient (Wildman–Crippen LogP) is 4.40. The molecule has 5 rings (SSSR count). The Hall–Kier alpha value is -2.18. The predicted molar refractivity (Wildman–Crippen MR) is 118 cm³/mol. The lowest BCUT2D eigenvalue weighted by atomic mass is 9.96. The standard InChI is InChI=1S/C22H23ClN4OS/c23-20-12-17(7-8-24-20)26-9-10-27-18(13-26)11-16(22(27)28)5-1-3-15-4-2-6-19-21(15)29-14-25-19/h2,4,6-8,12,14,16,18H,1,3,5,9-11,13H2/t16?,18-/m0/s1. The van der Waals surface area contributed by atoms with Crippen LogP contribution < -0.4 is 4.90 Å². The number of aryl methyl sites for hydroxylation is 1. The molecule has 2 atom stereocenters. The summed E-state index contributed by atoms with van der Waals surface area (Å²) in [6.45, 7) is 2.52. The number of pyridine rings is 1. The number of halogens is 1. The van der Waals surface area contributed by atoms with Crippen LogP contribution in [0.5, 0.6) is 0 Å². The summed E-state index contributed by atoms with van der Waals surface area (Å²) in [7, 11) is 0. The summed E-state index contributed by atoms with van der Waals surface area (Å²) in [6, 6.07) is 10.5. The van der Waals surface area contributed by atoms with Gasteiger partial charge in [-0.05, 0) is 49.4 Å². The number of rotatable bonds is 5. The lowest BCUT2D eigenvalue weighted by Crippen LogP contribution is -2.51. The van der Waals surface area contributed by atoms with Gasteiger partial charge in [-0.3, -0.25) is 4.79 Å². The van der Waals surface area contributed by atoms with Crippen molar-refractivity contribution in [3.8, 4) is 0 Å². The van der Waals surface area contributed by atoms with E-state index in [0.717, 1.165) is 56.5 Å². The minimum absolute atomic E-state index is 0.154. The first-order valence-corrected chi connectivity index (χ1v) is 11.4. The number of carbonyl (C=O) groups is 1. The number of hydrogen-bond donors (Lipinski definition) is 0. The SMILES string of the molecule is O=C1C(CCCc2cccc3ncsc23)C[C@H]2CN(c3ccnc(Cl)c3)CCN12. The topological polar surface area (TPSA) is 49.3 Å². The van der Waals surface area contributed by atoms with E-state index in [1.54, 1.807) is 17.5 Å². The molecule has 1 unspecified atom stereocenters. The first-order chi connectivity index (χ1) is 14.2. The van der Waals surface area contributed by atoms with Gasteiger partial charge >= 0.3 is 0 Å². The van der Waals surface area contributed by atoms with Gasteiger partial charge in [0.05, 0.1) is 21.8 Å². The number of aromatic nitrogens is 2. The van der Waals surface area contributed by atoms with Gasteiger partial charge in [-0.15, -0.1) is 11.3 Å². The van der Waals surface area contributed by atoms with Crippen molar-refractivity contribution in [1.29, 1.82) is 0 Å². The highest BCUT2D eigenvalue weighted by Gasteiger charge is 2.41. The molecule has 150 valence electrons. The number of anilines is 1. The van der Waals surface area contributed by atoms with Crippen LogP contribution in [0.2, 0.25) is 5.15 Å². The number of fused-ring (bicyclic) bond motifs is 2. The molecule has 2 fully saturated rings.